The molecule has 1 aliphatic heterocycles. The number of sulfonamides is 1. The van der Waals surface area contributed by atoms with Crippen molar-refractivity contribution in [3.05, 3.63) is 77.1 Å². The third kappa shape index (κ3) is 6.10. The van der Waals surface area contributed by atoms with Crippen LogP contribution in [0.5, 0.6) is 0 Å². The van der Waals surface area contributed by atoms with E-state index in [1.165, 1.54) is 35.7 Å². The summed E-state index contributed by atoms with van der Waals surface area (Å²) in [5, 5.41) is 6.08. The van der Waals surface area contributed by atoms with Crippen molar-refractivity contribution in [3.63, 3.8) is 0 Å². The third-order valence-corrected chi connectivity index (χ3v) is 8.99. The van der Waals surface area contributed by atoms with Gasteiger partial charge in [-0.1, -0.05) is 35.9 Å². The Morgan fingerprint density at radius 2 is 1.87 bits per heavy atom. The van der Waals surface area contributed by atoms with E-state index in [0.29, 0.717) is 0 Å². The molecule has 2 aromatic carbocycles. The summed E-state index contributed by atoms with van der Waals surface area (Å²) in [5.74, 6) is -0.800. The minimum Gasteiger partial charge on any atom is -0.339 e. The van der Waals surface area contributed by atoms with Crippen LogP contribution in [-0.2, 0) is 32.6 Å². The topological polar surface area (TPSA) is 98.8 Å². The first-order valence-electron chi connectivity index (χ1n) is 13.1. The first-order valence-corrected chi connectivity index (χ1v) is 14.5. The number of aryl methyl sites for hydroxylation is 2. The molecule has 0 spiro atoms. The van der Waals surface area contributed by atoms with Gasteiger partial charge in [-0.25, -0.2) is 8.42 Å². The van der Waals surface area contributed by atoms with Crippen LogP contribution in [0.1, 0.15) is 68.3 Å². The Morgan fingerprint density at radius 3 is 2.55 bits per heavy atom. The fraction of sp³-hybridized carbons (Fsp3) is 0.448. The third-order valence-electron chi connectivity index (χ3n) is 7.20. The van der Waals surface area contributed by atoms with Gasteiger partial charge in [0.05, 0.1) is 17.4 Å². The molecule has 2 N–H and O–H groups in total. The number of fused-ring (bicyclic) bond motifs is 1. The number of carbonyl (C=O) groups excluding carboxylic acids is 2. The number of amides is 2. The maximum atomic E-state index is 13.5. The summed E-state index contributed by atoms with van der Waals surface area (Å²) in [4.78, 5) is 28.0. The van der Waals surface area contributed by atoms with Gasteiger partial charge in [0.1, 0.15) is 6.04 Å². The highest BCUT2D eigenvalue weighted by atomic mass is 32.2. The first kappa shape index (κ1) is 27.9. The van der Waals surface area contributed by atoms with Gasteiger partial charge in [0.2, 0.25) is 11.8 Å². The van der Waals surface area contributed by atoms with Crippen LogP contribution < -0.4 is 10.6 Å². The summed E-state index contributed by atoms with van der Waals surface area (Å²) >= 11 is 0. The van der Waals surface area contributed by atoms with Crippen LogP contribution in [0.2, 0.25) is 0 Å². The maximum Gasteiger partial charge on any atom is 0.264 e. The molecule has 38 heavy (non-hydrogen) atoms. The molecule has 1 aliphatic carbocycles. The minimum absolute atomic E-state index is 0.0203. The molecule has 2 amide bonds. The van der Waals surface area contributed by atoms with E-state index in [4.69, 9.17) is 0 Å². The Bertz CT molecular complexity index is 1330. The molecule has 2 aliphatic rings. The number of benzene rings is 2. The number of hydrogen-bond donors (Lipinski definition) is 2. The van der Waals surface area contributed by atoms with Gasteiger partial charge in [-0.2, -0.15) is 0 Å². The number of nitrogens with one attached hydrogen (secondary N) is 2. The zero-order valence-electron chi connectivity index (χ0n) is 22.8. The molecule has 2 aromatic rings. The monoisotopic (exact) mass is 538 g/mol. The van der Waals surface area contributed by atoms with Gasteiger partial charge in [-0.05, 0) is 75.8 Å². The van der Waals surface area contributed by atoms with Crippen molar-refractivity contribution in [1.29, 1.82) is 0 Å². The Labute approximate surface area is 226 Å². The molecule has 0 aromatic heterocycles. The highest BCUT2D eigenvalue weighted by Gasteiger charge is 2.38. The lowest BCUT2D eigenvalue weighted by Crippen LogP contribution is -2.51. The highest BCUT2D eigenvalue weighted by Crippen LogP contribution is 2.35. The Balaban J connectivity index is 1.52. The summed E-state index contributed by atoms with van der Waals surface area (Å²) in [6, 6.07) is 11.6. The van der Waals surface area contributed by atoms with Crippen LogP contribution in [-0.4, -0.2) is 48.1 Å². The van der Waals surface area contributed by atoms with Gasteiger partial charge in [-0.3, -0.25) is 13.9 Å². The molecule has 0 saturated heterocycles. The van der Waals surface area contributed by atoms with Gasteiger partial charge in [0.15, 0.2) is 0 Å². The van der Waals surface area contributed by atoms with E-state index in [1.807, 2.05) is 6.92 Å². The van der Waals surface area contributed by atoms with Crippen molar-refractivity contribution >= 4 is 21.8 Å². The van der Waals surface area contributed by atoms with E-state index in [-0.39, 0.29) is 28.8 Å². The predicted octanol–water partition coefficient (Wildman–Crippen LogP) is 3.77. The van der Waals surface area contributed by atoms with Crippen molar-refractivity contribution in [2.75, 3.05) is 7.05 Å². The molecule has 4 rings (SSSR count). The van der Waals surface area contributed by atoms with Crippen LogP contribution in [0.25, 0.3) is 0 Å². The normalized spacial score (nSPS) is 19.6. The fourth-order valence-corrected chi connectivity index (χ4v) is 6.43. The van der Waals surface area contributed by atoms with Crippen LogP contribution in [0, 0.1) is 6.92 Å². The molecular weight excluding hydrogens is 500 g/mol. The highest BCUT2D eigenvalue weighted by molar-refractivity contribution is 7.89. The molecule has 0 saturated carbocycles. The standard InChI is InChI=1S/C29H38N4O4S/c1-20-9-12-23(13-10-20)38(36,37)33-16-15-30-28(35)26(33)18-27(34)32(5)25-8-6-7-22-17-21(11-14-24(22)25)19-31-29(2,3)4/h9-17,25-26,31H,6-8,18-19H2,1-5H3,(H,30,35)/t25-,26-/m1/s1. The first-order chi connectivity index (χ1) is 17.9. The lowest BCUT2D eigenvalue weighted by molar-refractivity contribution is -0.136. The molecule has 9 heteroatoms. The summed E-state index contributed by atoms with van der Waals surface area (Å²) < 4.78 is 27.8. The molecule has 0 bridgehead atoms. The zero-order chi connectivity index (χ0) is 27.7. The average molecular weight is 539 g/mol. The summed E-state index contributed by atoms with van der Waals surface area (Å²) in [5.41, 5.74) is 4.50. The fourth-order valence-electron chi connectivity index (χ4n) is 4.98. The molecule has 0 radical (unpaired) electrons. The molecule has 0 fully saturated rings. The lowest BCUT2D eigenvalue weighted by atomic mass is 9.85. The van der Waals surface area contributed by atoms with Crippen LogP contribution >= 0.6 is 0 Å². The van der Waals surface area contributed by atoms with Gasteiger partial charge < -0.3 is 15.5 Å². The SMILES string of the molecule is Cc1ccc(S(=O)(=O)N2C=CNC(=O)[C@H]2CC(=O)N(C)[C@@H]2CCCc3cc(CNC(C)(C)C)ccc32)cc1. The van der Waals surface area contributed by atoms with Gasteiger partial charge in [-0.15, -0.1) is 0 Å². The second-order valence-electron chi connectivity index (χ2n) is 11.2. The largest absolute Gasteiger partial charge is 0.339 e. The Hall–Kier alpha value is -3.17. The summed E-state index contributed by atoms with van der Waals surface area (Å²) in [6.45, 7) is 9.05. The minimum atomic E-state index is -4.02. The summed E-state index contributed by atoms with van der Waals surface area (Å²) in [7, 11) is -2.27. The van der Waals surface area contributed by atoms with Gasteiger partial charge in [0, 0.05) is 31.5 Å². The Kier molecular flexibility index (Phi) is 7.99. The molecule has 2 atom stereocenters. The molecule has 204 valence electrons. The average Bonchev–Trinajstić information content (AvgIpc) is 2.87. The van der Waals surface area contributed by atoms with E-state index in [1.54, 1.807) is 24.1 Å². The number of hydrogen-bond acceptors (Lipinski definition) is 5. The quantitative estimate of drug-likeness (QED) is 0.559. The van der Waals surface area contributed by atoms with E-state index >= 15 is 0 Å². The predicted molar refractivity (Wildman–Crippen MR) is 147 cm³/mol. The number of nitrogens with zero attached hydrogens (tertiary/aromatic N) is 2. The number of rotatable bonds is 7. The Morgan fingerprint density at radius 1 is 1.16 bits per heavy atom. The van der Waals surface area contributed by atoms with Crippen LogP contribution in [0.3, 0.4) is 0 Å². The van der Waals surface area contributed by atoms with Gasteiger partial charge in [0.25, 0.3) is 10.0 Å². The smallest absolute Gasteiger partial charge is 0.264 e. The zero-order valence-corrected chi connectivity index (χ0v) is 23.6. The molecule has 8 nitrogen and oxygen atoms in total. The van der Waals surface area contributed by atoms with Crippen molar-refractivity contribution < 1.29 is 18.0 Å². The molecular formula is C29H38N4O4S. The second kappa shape index (κ2) is 10.9. The number of carbonyl (C=O) groups is 2. The second-order valence-corrected chi connectivity index (χ2v) is 13.1. The van der Waals surface area contributed by atoms with Gasteiger partial charge >= 0.3 is 0 Å². The van der Waals surface area contributed by atoms with Crippen molar-refractivity contribution in [1.82, 2.24) is 19.8 Å². The van der Waals surface area contributed by atoms with E-state index < -0.39 is 22.0 Å². The van der Waals surface area contributed by atoms with Crippen molar-refractivity contribution in [3.8, 4) is 0 Å². The maximum absolute atomic E-state index is 13.5. The van der Waals surface area contributed by atoms with E-state index in [2.05, 4.69) is 49.6 Å². The van der Waals surface area contributed by atoms with Crippen molar-refractivity contribution in [2.24, 2.45) is 0 Å². The van der Waals surface area contributed by atoms with Crippen LogP contribution in [0.4, 0.5) is 0 Å². The van der Waals surface area contributed by atoms with E-state index in [0.717, 1.165) is 41.2 Å². The molecule has 1 heterocycles. The van der Waals surface area contributed by atoms with Crippen LogP contribution in [0.15, 0.2) is 59.8 Å². The van der Waals surface area contributed by atoms with Crippen molar-refractivity contribution in [2.45, 2.75) is 82.4 Å². The van der Waals surface area contributed by atoms with E-state index in [9.17, 15) is 18.0 Å². The summed E-state index contributed by atoms with van der Waals surface area (Å²) in [6.07, 6.45) is 5.08. The lowest BCUT2D eigenvalue weighted by Gasteiger charge is -2.36. The molecule has 0 unspecified atom stereocenters.